The van der Waals surface area contributed by atoms with Crippen LogP contribution in [0.25, 0.3) is 0 Å². The molecule has 0 aliphatic carbocycles. The molecule has 0 unspecified atom stereocenters. The Morgan fingerprint density at radius 1 is 1.07 bits per heavy atom. The molecule has 2 N–H and O–H groups in total. The molecule has 6 nitrogen and oxygen atoms in total. The molecule has 0 bridgehead atoms. The summed E-state index contributed by atoms with van der Waals surface area (Å²) in [5.41, 5.74) is 8.41. The third-order valence-corrected chi connectivity index (χ3v) is 5.59. The zero-order valence-electron chi connectivity index (χ0n) is 16.0. The average Bonchev–Trinajstić information content (AvgIpc) is 2.60. The first kappa shape index (κ1) is 20.5. The van der Waals surface area contributed by atoms with E-state index in [2.05, 4.69) is 10.9 Å². The number of anilines is 1. The van der Waals surface area contributed by atoms with Gasteiger partial charge in [-0.15, -0.1) is 0 Å². The van der Waals surface area contributed by atoms with Gasteiger partial charge in [-0.2, -0.15) is 0 Å². The predicted molar refractivity (Wildman–Crippen MR) is 108 cm³/mol. The van der Waals surface area contributed by atoms with E-state index in [0.717, 1.165) is 21.0 Å². The van der Waals surface area contributed by atoms with Crippen molar-refractivity contribution < 1.29 is 13.2 Å². The van der Waals surface area contributed by atoms with E-state index in [1.54, 1.807) is 30.5 Å². The number of hydrogen-bond donors (Lipinski definition) is 2. The molecule has 2 rings (SSSR count). The molecule has 0 atom stereocenters. The number of nitrogens with zero attached hydrogens (tertiary/aromatic N) is 1. The minimum absolute atomic E-state index is 0.134. The van der Waals surface area contributed by atoms with Gasteiger partial charge in [0.15, 0.2) is 0 Å². The highest BCUT2D eigenvalue weighted by Crippen LogP contribution is 2.27. The number of sulfonamides is 1. The molecule has 0 radical (unpaired) electrons. The van der Waals surface area contributed by atoms with E-state index in [-0.39, 0.29) is 11.4 Å². The van der Waals surface area contributed by atoms with Crippen molar-refractivity contribution in [2.45, 2.75) is 32.6 Å². The normalized spacial score (nSPS) is 10.8. The van der Waals surface area contributed by atoms with E-state index in [4.69, 9.17) is 0 Å². The van der Waals surface area contributed by atoms with Crippen LogP contribution in [0.15, 0.2) is 65.2 Å². The first-order valence-corrected chi connectivity index (χ1v) is 9.98. The number of allylic oxidation sites excluding steroid dienone is 1. The second-order valence-electron chi connectivity index (χ2n) is 6.53. The fourth-order valence-electron chi connectivity index (χ4n) is 2.54. The van der Waals surface area contributed by atoms with Crippen molar-refractivity contribution in [1.29, 1.82) is 0 Å². The minimum Gasteiger partial charge on any atom is -0.306 e. The van der Waals surface area contributed by atoms with Crippen LogP contribution < -0.4 is 15.2 Å². The fraction of sp³-hybridized carbons (Fsp3) is 0.250. The molecule has 0 aliphatic heterocycles. The monoisotopic (exact) mass is 387 g/mol. The maximum Gasteiger partial charge on any atom is 0.264 e. The Balaban J connectivity index is 2.40. The molecule has 2 aromatic rings. The van der Waals surface area contributed by atoms with Crippen molar-refractivity contribution in [3.8, 4) is 0 Å². The molecule has 7 heteroatoms. The number of rotatable bonds is 7. The van der Waals surface area contributed by atoms with Gasteiger partial charge in [0.1, 0.15) is 6.54 Å². The summed E-state index contributed by atoms with van der Waals surface area (Å²) in [6, 6.07) is 13.5. The van der Waals surface area contributed by atoms with Crippen molar-refractivity contribution in [3.63, 3.8) is 0 Å². The summed E-state index contributed by atoms with van der Waals surface area (Å²) in [5.74, 6) is -0.466. The molecule has 27 heavy (non-hydrogen) atoms. The van der Waals surface area contributed by atoms with Gasteiger partial charge in [-0.3, -0.25) is 14.5 Å². The Morgan fingerprint density at radius 3 is 2.33 bits per heavy atom. The molecule has 2 aromatic carbocycles. The van der Waals surface area contributed by atoms with Crippen LogP contribution in [0.4, 0.5) is 5.69 Å². The number of hydrogen-bond acceptors (Lipinski definition) is 4. The second-order valence-corrected chi connectivity index (χ2v) is 8.39. The predicted octanol–water partition coefficient (Wildman–Crippen LogP) is 3.04. The largest absolute Gasteiger partial charge is 0.306 e. The Hall–Kier alpha value is -2.80. The van der Waals surface area contributed by atoms with Gasteiger partial charge in [0.2, 0.25) is 0 Å². The topological polar surface area (TPSA) is 78.5 Å². The number of carbonyl (C=O) groups is 1. The SMILES string of the molecule is CC(C)=CNNC(=O)CN(c1ccc(C)cc1C)S(=O)(=O)c1ccccc1. The Bertz CT molecular complexity index is 934. The average molecular weight is 388 g/mol. The Kier molecular flexibility index (Phi) is 6.63. The van der Waals surface area contributed by atoms with Gasteiger partial charge in [0, 0.05) is 6.20 Å². The van der Waals surface area contributed by atoms with Gasteiger partial charge in [-0.05, 0) is 51.5 Å². The lowest BCUT2D eigenvalue weighted by atomic mass is 10.1. The lowest BCUT2D eigenvalue weighted by molar-refractivity contribution is -0.120. The molecular formula is C20H25N3O3S. The van der Waals surface area contributed by atoms with Crippen LogP contribution >= 0.6 is 0 Å². The van der Waals surface area contributed by atoms with E-state index >= 15 is 0 Å². The molecule has 0 saturated carbocycles. The minimum atomic E-state index is -3.90. The van der Waals surface area contributed by atoms with Gasteiger partial charge in [-0.1, -0.05) is 41.5 Å². The molecule has 144 valence electrons. The third kappa shape index (κ3) is 5.34. The zero-order chi connectivity index (χ0) is 20.0. The molecule has 0 fully saturated rings. The fourth-order valence-corrected chi connectivity index (χ4v) is 4.04. The quantitative estimate of drug-likeness (QED) is 0.716. The van der Waals surface area contributed by atoms with Crippen molar-refractivity contribution in [1.82, 2.24) is 10.9 Å². The molecule has 1 amide bonds. The first-order valence-electron chi connectivity index (χ1n) is 8.54. The van der Waals surface area contributed by atoms with Crippen molar-refractivity contribution in [2.75, 3.05) is 10.8 Å². The van der Waals surface area contributed by atoms with E-state index in [1.807, 2.05) is 39.8 Å². The van der Waals surface area contributed by atoms with Crippen molar-refractivity contribution in [3.05, 3.63) is 71.4 Å². The lowest BCUT2D eigenvalue weighted by Crippen LogP contribution is -2.44. The summed E-state index contributed by atoms with van der Waals surface area (Å²) in [7, 11) is -3.90. The highest BCUT2D eigenvalue weighted by molar-refractivity contribution is 7.92. The maximum atomic E-state index is 13.2. The van der Waals surface area contributed by atoms with Crippen LogP contribution in [0.5, 0.6) is 0 Å². The van der Waals surface area contributed by atoms with Crippen LogP contribution in [0.2, 0.25) is 0 Å². The van der Waals surface area contributed by atoms with E-state index < -0.39 is 15.9 Å². The van der Waals surface area contributed by atoms with Crippen LogP contribution in [0.3, 0.4) is 0 Å². The number of nitrogens with one attached hydrogen (secondary N) is 2. The Morgan fingerprint density at radius 2 is 1.74 bits per heavy atom. The van der Waals surface area contributed by atoms with Gasteiger partial charge in [0.25, 0.3) is 15.9 Å². The first-order chi connectivity index (χ1) is 12.7. The van der Waals surface area contributed by atoms with Crippen LogP contribution in [-0.4, -0.2) is 20.9 Å². The van der Waals surface area contributed by atoms with E-state index in [1.165, 1.54) is 12.1 Å². The highest BCUT2D eigenvalue weighted by Gasteiger charge is 2.28. The van der Waals surface area contributed by atoms with Gasteiger partial charge >= 0.3 is 0 Å². The summed E-state index contributed by atoms with van der Waals surface area (Å²) in [4.78, 5) is 12.5. The number of hydrazine groups is 1. The van der Waals surface area contributed by atoms with Gasteiger partial charge in [-0.25, -0.2) is 8.42 Å². The van der Waals surface area contributed by atoms with Crippen LogP contribution in [0, 0.1) is 13.8 Å². The molecule has 0 heterocycles. The summed E-state index contributed by atoms with van der Waals surface area (Å²) >= 11 is 0. The molecule has 0 saturated heterocycles. The summed E-state index contributed by atoms with van der Waals surface area (Å²) in [6.07, 6.45) is 1.63. The number of aryl methyl sites for hydroxylation is 2. The summed E-state index contributed by atoms with van der Waals surface area (Å²) in [5, 5.41) is 0. The number of amides is 1. The number of carbonyl (C=O) groups excluding carboxylic acids is 1. The van der Waals surface area contributed by atoms with Crippen molar-refractivity contribution >= 4 is 21.6 Å². The maximum absolute atomic E-state index is 13.2. The molecular weight excluding hydrogens is 362 g/mol. The Labute approximate surface area is 160 Å². The molecule has 0 aliphatic rings. The smallest absolute Gasteiger partial charge is 0.264 e. The van der Waals surface area contributed by atoms with Crippen molar-refractivity contribution in [2.24, 2.45) is 0 Å². The van der Waals surface area contributed by atoms with Gasteiger partial charge in [0.05, 0.1) is 10.6 Å². The van der Waals surface area contributed by atoms with Crippen LogP contribution in [0.1, 0.15) is 25.0 Å². The van der Waals surface area contributed by atoms with E-state index in [9.17, 15) is 13.2 Å². The second kappa shape index (κ2) is 8.73. The molecule has 0 spiro atoms. The van der Waals surface area contributed by atoms with E-state index in [0.29, 0.717) is 5.69 Å². The third-order valence-electron chi connectivity index (χ3n) is 3.81. The summed E-state index contributed by atoms with van der Waals surface area (Å²) < 4.78 is 27.5. The van der Waals surface area contributed by atoms with Gasteiger partial charge < -0.3 is 5.43 Å². The summed E-state index contributed by atoms with van der Waals surface area (Å²) in [6.45, 7) is 7.17. The lowest BCUT2D eigenvalue weighted by Gasteiger charge is -2.25. The zero-order valence-corrected chi connectivity index (χ0v) is 16.8. The standard InChI is InChI=1S/C20H25N3O3S/c1-15(2)13-21-22-20(24)14-23(19-11-10-16(3)12-17(19)4)27(25,26)18-8-6-5-7-9-18/h5-13,21H,14H2,1-4H3,(H,22,24). The number of benzene rings is 2. The van der Waals surface area contributed by atoms with Crippen LogP contribution in [-0.2, 0) is 14.8 Å². The molecule has 0 aromatic heterocycles. The highest BCUT2D eigenvalue weighted by atomic mass is 32.2.